The zero-order valence-corrected chi connectivity index (χ0v) is 22.0. The molecule has 0 bridgehead atoms. The van der Waals surface area contributed by atoms with Crippen LogP contribution in [0.15, 0.2) is 24.3 Å². The predicted octanol–water partition coefficient (Wildman–Crippen LogP) is 2.49. The highest BCUT2D eigenvalue weighted by molar-refractivity contribution is 5.93. The lowest BCUT2D eigenvalue weighted by Gasteiger charge is -2.37. The molecule has 2 heterocycles. The van der Waals surface area contributed by atoms with E-state index in [-0.39, 0.29) is 29.8 Å². The Hall–Kier alpha value is -2.98. The van der Waals surface area contributed by atoms with Crippen molar-refractivity contribution >= 4 is 11.9 Å². The molecule has 3 rings (SSSR count). The van der Waals surface area contributed by atoms with Gasteiger partial charge in [0, 0.05) is 39.4 Å². The third-order valence-electron chi connectivity index (χ3n) is 6.42. The first-order chi connectivity index (χ1) is 17.4. The smallest absolute Gasteiger partial charge is 0.310 e. The van der Waals surface area contributed by atoms with Gasteiger partial charge in [0.1, 0.15) is 5.75 Å². The Morgan fingerprint density at radius 1 is 1.14 bits per heavy atom. The first-order valence-corrected chi connectivity index (χ1v) is 12.6. The summed E-state index contributed by atoms with van der Waals surface area (Å²) in [6.45, 7) is 6.52. The van der Waals surface area contributed by atoms with Gasteiger partial charge in [-0.3, -0.25) is 9.59 Å². The van der Waals surface area contributed by atoms with E-state index >= 15 is 0 Å². The molecule has 1 saturated heterocycles. The predicted molar refractivity (Wildman–Crippen MR) is 135 cm³/mol. The summed E-state index contributed by atoms with van der Waals surface area (Å²) in [5.74, 6) is 0.273. The molecule has 1 fully saturated rings. The molecule has 2 aromatic rings. The topological polar surface area (TPSA) is 108 Å². The van der Waals surface area contributed by atoms with Gasteiger partial charge in [-0.2, -0.15) is 0 Å². The van der Waals surface area contributed by atoms with Crippen molar-refractivity contribution in [1.29, 1.82) is 0 Å². The van der Waals surface area contributed by atoms with Crippen molar-refractivity contribution < 1.29 is 23.8 Å². The molecule has 1 aliphatic rings. The molecule has 10 heteroatoms. The molecule has 0 spiro atoms. The Kier molecular flexibility index (Phi) is 10.2. The number of hydrogen-bond acceptors (Lipinski definition) is 8. The SMILES string of the molecule is COCCCCc1c(C(=O)N(CC(C)C)[C@@H]2CNC[C@H](C(=O)OC)C2)nnn1-c1ccc(OC)cc1. The van der Waals surface area contributed by atoms with Gasteiger partial charge in [-0.05, 0) is 55.9 Å². The minimum absolute atomic E-state index is 0.148. The second-order valence-electron chi connectivity index (χ2n) is 9.56. The maximum Gasteiger partial charge on any atom is 0.310 e. The van der Waals surface area contributed by atoms with Crippen LogP contribution in [0.25, 0.3) is 5.69 Å². The molecule has 0 unspecified atom stereocenters. The molecule has 0 radical (unpaired) electrons. The van der Waals surface area contributed by atoms with E-state index in [1.807, 2.05) is 29.2 Å². The monoisotopic (exact) mass is 501 g/mol. The first kappa shape index (κ1) is 27.6. The number of hydrogen-bond donors (Lipinski definition) is 1. The summed E-state index contributed by atoms with van der Waals surface area (Å²) in [7, 11) is 4.70. The van der Waals surface area contributed by atoms with Gasteiger partial charge in [0.2, 0.25) is 0 Å². The molecule has 198 valence electrons. The average molecular weight is 502 g/mol. The third kappa shape index (κ3) is 6.82. The summed E-state index contributed by atoms with van der Waals surface area (Å²) in [5, 5.41) is 12.1. The highest BCUT2D eigenvalue weighted by Gasteiger charge is 2.35. The molecule has 36 heavy (non-hydrogen) atoms. The van der Waals surface area contributed by atoms with Crippen LogP contribution in [0.1, 0.15) is 49.3 Å². The lowest BCUT2D eigenvalue weighted by Crippen LogP contribution is -2.53. The average Bonchev–Trinajstić information content (AvgIpc) is 3.32. The molecule has 10 nitrogen and oxygen atoms in total. The lowest BCUT2D eigenvalue weighted by atomic mass is 9.93. The van der Waals surface area contributed by atoms with Gasteiger partial charge in [0.05, 0.1) is 31.5 Å². The molecule has 2 atom stereocenters. The number of esters is 1. The van der Waals surface area contributed by atoms with Crippen LogP contribution in [-0.2, 0) is 20.7 Å². The number of unbranched alkanes of at least 4 members (excludes halogenated alkanes) is 1. The lowest BCUT2D eigenvalue weighted by molar-refractivity contribution is -0.146. The fraction of sp³-hybridized carbons (Fsp3) is 0.615. The quantitative estimate of drug-likeness (QED) is 0.349. The minimum atomic E-state index is -0.292. The molecular weight excluding hydrogens is 462 g/mol. The molecule has 1 amide bonds. The molecule has 1 aromatic heterocycles. The Morgan fingerprint density at radius 3 is 2.53 bits per heavy atom. The number of aromatic nitrogens is 3. The van der Waals surface area contributed by atoms with Gasteiger partial charge in [-0.1, -0.05) is 19.1 Å². The maximum absolute atomic E-state index is 14.0. The van der Waals surface area contributed by atoms with E-state index in [0.717, 1.165) is 30.0 Å². The van der Waals surface area contributed by atoms with Gasteiger partial charge >= 0.3 is 5.97 Å². The zero-order chi connectivity index (χ0) is 26.1. The van der Waals surface area contributed by atoms with Crippen molar-refractivity contribution in [2.24, 2.45) is 11.8 Å². The summed E-state index contributed by atoms with van der Waals surface area (Å²) in [6.07, 6.45) is 2.87. The number of rotatable bonds is 12. The number of nitrogens with zero attached hydrogens (tertiary/aromatic N) is 4. The fourth-order valence-electron chi connectivity index (χ4n) is 4.59. The molecule has 0 aliphatic carbocycles. The van der Waals surface area contributed by atoms with Gasteiger partial charge in [-0.15, -0.1) is 5.10 Å². The van der Waals surface area contributed by atoms with Crippen LogP contribution in [0.5, 0.6) is 5.75 Å². The van der Waals surface area contributed by atoms with E-state index < -0.39 is 0 Å². The van der Waals surface area contributed by atoms with Gasteiger partial charge < -0.3 is 24.4 Å². The number of methoxy groups -OCH3 is 3. The largest absolute Gasteiger partial charge is 0.497 e. The van der Waals surface area contributed by atoms with E-state index in [9.17, 15) is 9.59 Å². The number of piperidine rings is 1. The van der Waals surface area contributed by atoms with Crippen LogP contribution in [0.3, 0.4) is 0 Å². The molecular formula is C26H39N5O5. The standard InChI is InChI=1S/C26H39N5O5/c1-18(2)17-30(21-14-19(15-27-16-21)26(33)36-5)25(32)24-23(8-6-7-13-34-3)31(29-28-24)20-9-11-22(35-4)12-10-20/h9-12,18-19,21,27H,6-8,13-17H2,1-5H3/t19-,21+/m1/s1. The number of benzene rings is 1. The second kappa shape index (κ2) is 13.4. The number of amides is 1. The summed E-state index contributed by atoms with van der Waals surface area (Å²) < 4.78 is 17.2. The van der Waals surface area contributed by atoms with Crippen molar-refractivity contribution in [3.05, 3.63) is 35.7 Å². The number of nitrogens with one attached hydrogen (secondary N) is 1. The van der Waals surface area contributed by atoms with Crippen LogP contribution in [0.4, 0.5) is 0 Å². The molecule has 1 aromatic carbocycles. The second-order valence-corrected chi connectivity index (χ2v) is 9.56. The minimum Gasteiger partial charge on any atom is -0.497 e. The maximum atomic E-state index is 14.0. The van der Waals surface area contributed by atoms with Crippen LogP contribution in [0, 0.1) is 11.8 Å². The van der Waals surface area contributed by atoms with Crippen LogP contribution in [-0.4, -0.2) is 85.4 Å². The van der Waals surface area contributed by atoms with Gasteiger partial charge in [0.15, 0.2) is 5.69 Å². The van der Waals surface area contributed by atoms with E-state index in [4.69, 9.17) is 14.2 Å². The Bertz CT molecular complexity index is 991. The van der Waals surface area contributed by atoms with Crippen molar-refractivity contribution in [2.75, 3.05) is 47.6 Å². The Morgan fingerprint density at radius 2 is 1.89 bits per heavy atom. The third-order valence-corrected chi connectivity index (χ3v) is 6.42. The molecule has 1 aliphatic heterocycles. The molecule has 1 N–H and O–H groups in total. The van der Waals surface area contributed by atoms with Crippen LogP contribution < -0.4 is 10.1 Å². The zero-order valence-electron chi connectivity index (χ0n) is 22.0. The van der Waals surface area contributed by atoms with E-state index in [2.05, 4.69) is 29.5 Å². The van der Waals surface area contributed by atoms with E-state index in [0.29, 0.717) is 44.8 Å². The normalized spacial score (nSPS) is 17.7. The highest BCUT2D eigenvalue weighted by Crippen LogP contribution is 2.24. The highest BCUT2D eigenvalue weighted by atomic mass is 16.5. The Labute approximate surface area is 213 Å². The van der Waals surface area contributed by atoms with Crippen LogP contribution in [0.2, 0.25) is 0 Å². The fourth-order valence-corrected chi connectivity index (χ4v) is 4.59. The van der Waals surface area contributed by atoms with Crippen molar-refractivity contribution in [3.63, 3.8) is 0 Å². The molecule has 0 saturated carbocycles. The van der Waals surface area contributed by atoms with Gasteiger partial charge in [-0.25, -0.2) is 4.68 Å². The summed E-state index contributed by atoms with van der Waals surface area (Å²) in [4.78, 5) is 28.1. The number of carbonyl (C=O) groups is 2. The van der Waals surface area contributed by atoms with Crippen molar-refractivity contribution in [3.8, 4) is 11.4 Å². The van der Waals surface area contributed by atoms with Gasteiger partial charge in [0.25, 0.3) is 5.91 Å². The van der Waals surface area contributed by atoms with E-state index in [1.165, 1.54) is 7.11 Å². The Balaban J connectivity index is 1.94. The summed E-state index contributed by atoms with van der Waals surface area (Å²) >= 11 is 0. The van der Waals surface area contributed by atoms with Crippen molar-refractivity contribution in [1.82, 2.24) is 25.2 Å². The summed E-state index contributed by atoms with van der Waals surface area (Å²) in [6, 6.07) is 7.37. The van der Waals surface area contributed by atoms with Crippen LogP contribution >= 0.6 is 0 Å². The van der Waals surface area contributed by atoms with E-state index in [1.54, 1.807) is 18.9 Å². The summed E-state index contributed by atoms with van der Waals surface area (Å²) in [5.41, 5.74) is 1.93. The van der Waals surface area contributed by atoms with Crippen molar-refractivity contribution in [2.45, 2.75) is 45.6 Å². The number of ether oxygens (including phenoxy) is 3. The first-order valence-electron chi connectivity index (χ1n) is 12.6. The number of carbonyl (C=O) groups excluding carboxylic acids is 2.